The van der Waals surface area contributed by atoms with Crippen molar-refractivity contribution in [2.24, 2.45) is 5.92 Å². The number of hydrogen-bond acceptors (Lipinski definition) is 4. The van der Waals surface area contributed by atoms with E-state index in [2.05, 4.69) is 0 Å². The van der Waals surface area contributed by atoms with Crippen LogP contribution >= 0.6 is 0 Å². The summed E-state index contributed by atoms with van der Waals surface area (Å²) >= 11 is 0. The number of amides is 3. The Kier molecular flexibility index (Phi) is 5.90. The topological polar surface area (TPSA) is 81.2 Å². The van der Waals surface area contributed by atoms with Gasteiger partial charge in [-0.1, -0.05) is 42.8 Å². The Bertz CT molecular complexity index is 1110. The average molecular weight is 462 g/mol. The Morgan fingerprint density at radius 2 is 1.79 bits per heavy atom. The van der Waals surface area contributed by atoms with Crippen LogP contribution in [0.15, 0.2) is 48.5 Å². The summed E-state index contributed by atoms with van der Waals surface area (Å²) in [4.78, 5) is 43.0. The predicted octanol–water partition coefficient (Wildman–Crippen LogP) is 2.35. The van der Waals surface area contributed by atoms with Gasteiger partial charge >= 0.3 is 0 Å². The molecular weight excluding hydrogens is 430 g/mol. The number of carbonyl (C=O) groups is 3. The maximum atomic E-state index is 12.8. The van der Waals surface area contributed by atoms with Gasteiger partial charge in [0.05, 0.1) is 25.2 Å². The van der Waals surface area contributed by atoms with Crippen LogP contribution in [-0.2, 0) is 9.59 Å². The van der Waals surface area contributed by atoms with Gasteiger partial charge in [0.1, 0.15) is 0 Å². The summed E-state index contributed by atoms with van der Waals surface area (Å²) in [7, 11) is 3.47. The summed E-state index contributed by atoms with van der Waals surface area (Å²) in [5.74, 6) is 0.0514. The van der Waals surface area contributed by atoms with E-state index in [0.29, 0.717) is 12.1 Å². The van der Waals surface area contributed by atoms with Crippen molar-refractivity contribution < 1.29 is 19.5 Å². The van der Waals surface area contributed by atoms with Crippen LogP contribution in [-0.4, -0.2) is 83.4 Å². The maximum Gasteiger partial charge on any atom is 0.253 e. The van der Waals surface area contributed by atoms with E-state index < -0.39 is 0 Å². The molecule has 3 amide bonds. The molecule has 0 unspecified atom stereocenters. The number of piperazine rings is 1. The number of rotatable bonds is 5. The van der Waals surface area contributed by atoms with Gasteiger partial charge in [0.2, 0.25) is 11.8 Å². The van der Waals surface area contributed by atoms with E-state index in [9.17, 15) is 19.5 Å². The van der Waals surface area contributed by atoms with E-state index in [0.717, 1.165) is 36.0 Å². The molecule has 2 aromatic carbocycles. The minimum atomic E-state index is -0.259. The molecule has 0 radical (unpaired) electrons. The number of hydrogen-bond donors (Lipinski definition) is 1. The van der Waals surface area contributed by atoms with E-state index in [-0.39, 0.29) is 54.8 Å². The molecule has 0 spiro atoms. The molecule has 3 atom stereocenters. The van der Waals surface area contributed by atoms with E-state index >= 15 is 0 Å². The number of nitrogens with zero attached hydrogens (tertiary/aromatic N) is 3. The fourth-order valence-corrected chi connectivity index (χ4v) is 5.57. The van der Waals surface area contributed by atoms with Crippen LogP contribution in [0, 0.1) is 5.92 Å². The van der Waals surface area contributed by atoms with Crippen LogP contribution in [0.5, 0.6) is 0 Å². The summed E-state index contributed by atoms with van der Waals surface area (Å²) in [6.07, 6.45) is 2.92. The summed E-state index contributed by atoms with van der Waals surface area (Å²) in [5.41, 5.74) is 3.64. The largest absolute Gasteiger partial charge is 0.394 e. The van der Waals surface area contributed by atoms with Crippen LogP contribution in [0.3, 0.4) is 0 Å². The Hall–Kier alpha value is -3.19. The molecule has 0 bridgehead atoms. The second-order valence-electron chi connectivity index (χ2n) is 9.89. The summed E-state index contributed by atoms with van der Waals surface area (Å²) in [6, 6.07) is 15.3. The van der Waals surface area contributed by atoms with Crippen molar-refractivity contribution in [3.63, 3.8) is 0 Å². The minimum Gasteiger partial charge on any atom is -0.394 e. The van der Waals surface area contributed by atoms with Gasteiger partial charge in [-0.05, 0) is 41.7 Å². The lowest BCUT2D eigenvalue weighted by Gasteiger charge is -2.59. The fraction of sp³-hybridized carbons (Fsp3) is 0.444. The molecule has 5 rings (SSSR count). The Balaban J connectivity index is 1.36. The quantitative estimate of drug-likeness (QED) is 0.741. The van der Waals surface area contributed by atoms with Gasteiger partial charge in [-0.3, -0.25) is 14.4 Å². The van der Waals surface area contributed by atoms with Crippen LogP contribution in [0.25, 0.3) is 11.1 Å². The zero-order chi connectivity index (χ0) is 24.0. The Labute approximate surface area is 200 Å². The molecule has 2 heterocycles. The first-order valence-electron chi connectivity index (χ1n) is 12.0. The van der Waals surface area contributed by atoms with E-state index in [1.807, 2.05) is 48.5 Å². The normalized spacial score (nSPS) is 24.2. The van der Waals surface area contributed by atoms with Gasteiger partial charge in [0.25, 0.3) is 5.91 Å². The lowest BCUT2D eigenvalue weighted by Crippen LogP contribution is -2.73. The molecule has 3 aliphatic rings. The molecule has 1 N–H and O–H groups in total. The molecule has 7 nitrogen and oxygen atoms in total. The molecular formula is C27H31N3O4. The van der Waals surface area contributed by atoms with Crippen molar-refractivity contribution in [3.05, 3.63) is 59.7 Å². The van der Waals surface area contributed by atoms with Gasteiger partial charge < -0.3 is 19.8 Å². The lowest BCUT2D eigenvalue weighted by molar-refractivity contribution is -0.169. The minimum absolute atomic E-state index is 0.0124. The number of fused-ring (bicyclic) bond motifs is 1. The highest BCUT2D eigenvalue weighted by Crippen LogP contribution is 2.44. The van der Waals surface area contributed by atoms with Gasteiger partial charge in [0, 0.05) is 38.0 Å². The lowest BCUT2D eigenvalue weighted by atomic mass is 9.73. The third kappa shape index (κ3) is 3.78. The second kappa shape index (κ2) is 8.87. The van der Waals surface area contributed by atoms with Crippen molar-refractivity contribution in [3.8, 4) is 11.1 Å². The third-order valence-corrected chi connectivity index (χ3v) is 7.66. The number of carbonyl (C=O) groups excluding carboxylic acids is 3. The molecule has 2 aliphatic heterocycles. The first-order valence-corrected chi connectivity index (χ1v) is 12.0. The molecule has 0 aromatic heterocycles. The Morgan fingerprint density at radius 3 is 2.41 bits per heavy atom. The van der Waals surface area contributed by atoms with Gasteiger partial charge in [-0.25, -0.2) is 0 Å². The smallest absolute Gasteiger partial charge is 0.253 e. The fourth-order valence-electron chi connectivity index (χ4n) is 5.57. The zero-order valence-corrected chi connectivity index (χ0v) is 19.7. The molecule has 1 aliphatic carbocycles. The van der Waals surface area contributed by atoms with Crippen LogP contribution in [0.4, 0.5) is 0 Å². The highest BCUT2D eigenvalue weighted by molar-refractivity contribution is 5.95. The summed E-state index contributed by atoms with van der Waals surface area (Å²) in [5, 5.41) is 10.0. The van der Waals surface area contributed by atoms with Crippen molar-refractivity contribution in [1.82, 2.24) is 14.7 Å². The average Bonchev–Trinajstić information content (AvgIpc) is 2.79. The van der Waals surface area contributed by atoms with Crippen LogP contribution < -0.4 is 0 Å². The van der Waals surface area contributed by atoms with E-state index in [1.165, 1.54) is 0 Å². The molecule has 178 valence electrons. The highest BCUT2D eigenvalue weighted by Gasteiger charge is 2.54. The maximum absolute atomic E-state index is 12.8. The van der Waals surface area contributed by atoms with Crippen LogP contribution in [0.1, 0.15) is 41.1 Å². The van der Waals surface area contributed by atoms with Gasteiger partial charge in [-0.15, -0.1) is 0 Å². The molecule has 7 heteroatoms. The molecule has 3 fully saturated rings. The first kappa shape index (κ1) is 22.6. The van der Waals surface area contributed by atoms with Crippen molar-refractivity contribution in [2.45, 2.75) is 37.3 Å². The monoisotopic (exact) mass is 461 g/mol. The van der Waals surface area contributed by atoms with Crippen LogP contribution in [0.2, 0.25) is 0 Å². The number of aliphatic hydroxyl groups is 1. The standard InChI is InChI=1S/C27H31N3O4/c1-28(2)26(33)21-8-4-7-20(13-21)17-9-11-18(12-10-17)25-22-14-29(27(34)19-5-3-6-19)15-24(32)30(22)23(25)16-31/h4,7-13,19,22-23,25,31H,3,5-6,14-16H2,1-2H3/t22-,23-,25+/m0/s1. The van der Waals surface area contributed by atoms with E-state index in [4.69, 9.17) is 0 Å². The van der Waals surface area contributed by atoms with Gasteiger partial charge in [0.15, 0.2) is 0 Å². The summed E-state index contributed by atoms with van der Waals surface area (Å²) < 4.78 is 0. The highest BCUT2D eigenvalue weighted by atomic mass is 16.3. The van der Waals surface area contributed by atoms with Crippen molar-refractivity contribution in [1.29, 1.82) is 0 Å². The first-order chi connectivity index (χ1) is 16.4. The van der Waals surface area contributed by atoms with Gasteiger partial charge in [-0.2, -0.15) is 0 Å². The van der Waals surface area contributed by atoms with Crippen molar-refractivity contribution in [2.75, 3.05) is 33.8 Å². The molecule has 1 saturated carbocycles. The van der Waals surface area contributed by atoms with E-state index in [1.54, 1.807) is 28.8 Å². The Morgan fingerprint density at radius 1 is 1.06 bits per heavy atom. The number of benzene rings is 2. The van der Waals surface area contributed by atoms with Crippen molar-refractivity contribution >= 4 is 17.7 Å². The molecule has 34 heavy (non-hydrogen) atoms. The predicted molar refractivity (Wildman–Crippen MR) is 128 cm³/mol. The summed E-state index contributed by atoms with van der Waals surface area (Å²) in [6.45, 7) is 0.550. The SMILES string of the molecule is CN(C)C(=O)c1cccc(-c2ccc([C@H]3[C@H](CO)N4C(=O)CN(C(=O)C5CCC5)C[C@@H]34)cc2)c1. The zero-order valence-electron chi connectivity index (χ0n) is 19.7. The molecule has 2 saturated heterocycles. The second-order valence-corrected chi connectivity index (χ2v) is 9.89. The number of aliphatic hydroxyl groups excluding tert-OH is 1. The molecule has 2 aromatic rings. The third-order valence-electron chi connectivity index (χ3n) is 7.66.